The first-order chi connectivity index (χ1) is 9.29. The number of hydrogen-bond acceptors (Lipinski definition) is 4. The lowest BCUT2D eigenvalue weighted by molar-refractivity contribution is 0.600. The van der Waals surface area contributed by atoms with E-state index in [2.05, 4.69) is 25.6 Å². The first-order valence-electron chi connectivity index (χ1n) is 5.49. The van der Waals surface area contributed by atoms with Gasteiger partial charge in [-0.2, -0.15) is 0 Å². The van der Waals surface area contributed by atoms with Crippen LogP contribution in [0, 0.1) is 12.7 Å². The van der Waals surface area contributed by atoms with Crippen LogP contribution in [0.2, 0.25) is 0 Å². The molecule has 0 unspecified atom stereocenters. The second-order valence-electron chi connectivity index (χ2n) is 4.12. The molecule has 1 heterocycles. The first kappa shape index (κ1) is 14.7. The highest BCUT2D eigenvalue weighted by atomic mass is 79.9. The first-order valence-corrected chi connectivity index (χ1v) is 7.77. The van der Waals surface area contributed by atoms with E-state index in [1.807, 2.05) is 0 Å². The van der Waals surface area contributed by atoms with E-state index < -0.39 is 15.8 Å². The lowest BCUT2D eigenvalue weighted by Crippen LogP contribution is -2.14. The Bertz CT molecular complexity index is 765. The van der Waals surface area contributed by atoms with Gasteiger partial charge in [0.05, 0.1) is 22.5 Å². The Morgan fingerprint density at radius 1 is 1.35 bits per heavy atom. The molecule has 3 N–H and O–H groups in total. The van der Waals surface area contributed by atoms with Crippen LogP contribution in [0.1, 0.15) is 5.56 Å². The SMILES string of the molecule is Cc1cc(NS(=O)(=O)c2ccc(F)c(N)c2)cnc1Br. The van der Waals surface area contributed by atoms with Gasteiger partial charge in [-0.25, -0.2) is 17.8 Å². The van der Waals surface area contributed by atoms with Crippen molar-refractivity contribution in [3.63, 3.8) is 0 Å². The van der Waals surface area contributed by atoms with E-state index in [4.69, 9.17) is 5.73 Å². The zero-order chi connectivity index (χ0) is 14.9. The maximum atomic E-state index is 13.1. The molecule has 0 aliphatic carbocycles. The molecule has 20 heavy (non-hydrogen) atoms. The van der Waals surface area contributed by atoms with Crippen LogP contribution in [-0.4, -0.2) is 13.4 Å². The molecule has 1 aromatic carbocycles. The Kier molecular flexibility index (Phi) is 3.96. The lowest BCUT2D eigenvalue weighted by Gasteiger charge is -2.09. The average molecular weight is 360 g/mol. The smallest absolute Gasteiger partial charge is 0.262 e. The quantitative estimate of drug-likeness (QED) is 0.651. The van der Waals surface area contributed by atoms with Gasteiger partial charge in [-0.05, 0) is 52.7 Å². The number of pyridine rings is 1. The number of aromatic nitrogens is 1. The van der Waals surface area contributed by atoms with E-state index in [0.717, 1.165) is 23.8 Å². The van der Waals surface area contributed by atoms with E-state index in [-0.39, 0.29) is 10.6 Å². The fraction of sp³-hybridized carbons (Fsp3) is 0.0833. The Balaban J connectivity index is 2.35. The minimum absolute atomic E-state index is 0.114. The Hall–Kier alpha value is -1.67. The van der Waals surface area contributed by atoms with Crippen LogP contribution in [0.5, 0.6) is 0 Å². The number of rotatable bonds is 3. The molecule has 106 valence electrons. The summed E-state index contributed by atoms with van der Waals surface area (Å²) in [5.74, 6) is -0.662. The van der Waals surface area contributed by atoms with Crippen LogP contribution >= 0.6 is 15.9 Å². The minimum atomic E-state index is -3.83. The van der Waals surface area contributed by atoms with Crippen molar-refractivity contribution < 1.29 is 12.8 Å². The highest BCUT2D eigenvalue weighted by Crippen LogP contribution is 2.22. The van der Waals surface area contributed by atoms with Crippen molar-refractivity contribution >= 4 is 37.3 Å². The number of sulfonamides is 1. The summed E-state index contributed by atoms with van der Waals surface area (Å²) in [6.45, 7) is 1.78. The van der Waals surface area contributed by atoms with Crippen LogP contribution in [0.3, 0.4) is 0 Å². The Labute approximate surface area is 124 Å². The van der Waals surface area contributed by atoms with Crippen LogP contribution in [-0.2, 0) is 10.0 Å². The van der Waals surface area contributed by atoms with Gasteiger partial charge in [-0.1, -0.05) is 0 Å². The highest BCUT2D eigenvalue weighted by Gasteiger charge is 2.16. The van der Waals surface area contributed by atoms with Crippen LogP contribution in [0.25, 0.3) is 0 Å². The van der Waals surface area contributed by atoms with E-state index in [0.29, 0.717) is 10.3 Å². The van der Waals surface area contributed by atoms with Gasteiger partial charge in [0.2, 0.25) is 0 Å². The van der Waals surface area contributed by atoms with Gasteiger partial charge in [-0.15, -0.1) is 0 Å². The molecule has 0 atom stereocenters. The molecule has 0 amide bonds. The average Bonchev–Trinajstić information content (AvgIpc) is 2.37. The van der Waals surface area contributed by atoms with E-state index >= 15 is 0 Å². The van der Waals surface area contributed by atoms with Gasteiger partial charge < -0.3 is 5.73 Å². The number of nitrogens with two attached hydrogens (primary N) is 1. The number of nitrogens with one attached hydrogen (secondary N) is 1. The molecule has 0 fully saturated rings. The standard InChI is InChI=1S/C12H11BrFN3O2S/c1-7-4-8(6-16-12(7)13)17-20(18,19)9-2-3-10(14)11(15)5-9/h2-6,17H,15H2,1H3. The van der Waals surface area contributed by atoms with Crippen LogP contribution in [0.15, 0.2) is 40.0 Å². The third-order valence-electron chi connectivity index (χ3n) is 2.54. The molecule has 0 aliphatic heterocycles. The molecule has 1 aromatic heterocycles. The van der Waals surface area contributed by atoms with Crippen molar-refractivity contribution in [2.24, 2.45) is 0 Å². The van der Waals surface area contributed by atoms with Crippen molar-refractivity contribution in [2.45, 2.75) is 11.8 Å². The summed E-state index contributed by atoms with van der Waals surface area (Å²) in [6, 6.07) is 4.85. The van der Waals surface area contributed by atoms with Crippen molar-refractivity contribution in [1.82, 2.24) is 4.98 Å². The molecule has 2 rings (SSSR count). The number of hydrogen-bond donors (Lipinski definition) is 2. The molecule has 0 aliphatic rings. The molecule has 0 saturated heterocycles. The summed E-state index contributed by atoms with van der Waals surface area (Å²) in [7, 11) is -3.83. The summed E-state index contributed by atoms with van der Waals surface area (Å²) >= 11 is 3.22. The maximum absolute atomic E-state index is 13.1. The summed E-state index contributed by atoms with van der Waals surface area (Å²) < 4.78 is 40.3. The van der Waals surface area contributed by atoms with Gasteiger partial charge >= 0.3 is 0 Å². The highest BCUT2D eigenvalue weighted by molar-refractivity contribution is 9.10. The second kappa shape index (κ2) is 5.37. The van der Waals surface area contributed by atoms with E-state index in [1.165, 1.54) is 6.20 Å². The summed E-state index contributed by atoms with van der Waals surface area (Å²) in [4.78, 5) is 3.88. The van der Waals surface area contributed by atoms with E-state index in [9.17, 15) is 12.8 Å². The monoisotopic (exact) mass is 359 g/mol. The van der Waals surface area contributed by atoms with Crippen LogP contribution < -0.4 is 10.5 Å². The third-order valence-corrected chi connectivity index (χ3v) is 4.75. The number of nitrogens with zero attached hydrogens (tertiary/aromatic N) is 1. The molecule has 0 saturated carbocycles. The zero-order valence-corrected chi connectivity index (χ0v) is 12.8. The van der Waals surface area contributed by atoms with Gasteiger partial charge in [-0.3, -0.25) is 4.72 Å². The normalized spacial score (nSPS) is 11.3. The zero-order valence-electron chi connectivity index (χ0n) is 10.4. The molecule has 0 radical (unpaired) electrons. The van der Waals surface area contributed by atoms with Crippen molar-refractivity contribution in [3.05, 3.63) is 46.4 Å². The Morgan fingerprint density at radius 2 is 2.05 bits per heavy atom. The fourth-order valence-electron chi connectivity index (χ4n) is 1.52. The van der Waals surface area contributed by atoms with Gasteiger partial charge in [0, 0.05) is 0 Å². The number of halogens is 2. The topological polar surface area (TPSA) is 85.1 Å². The fourth-order valence-corrected chi connectivity index (χ4v) is 2.80. The summed E-state index contributed by atoms with van der Waals surface area (Å²) in [6.07, 6.45) is 1.38. The van der Waals surface area contributed by atoms with Gasteiger partial charge in [0.15, 0.2) is 0 Å². The number of aryl methyl sites for hydroxylation is 1. The molecular weight excluding hydrogens is 349 g/mol. The van der Waals surface area contributed by atoms with Crippen molar-refractivity contribution in [2.75, 3.05) is 10.5 Å². The number of anilines is 2. The number of benzene rings is 1. The van der Waals surface area contributed by atoms with Crippen molar-refractivity contribution in [1.29, 1.82) is 0 Å². The van der Waals surface area contributed by atoms with Crippen LogP contribution in [0.4, 0.5) is 15.8 Å². The summed E-state index contributed by atoms with van der Waals surface area (Å²) in [5.41, 5.74) is 6.24. The largest absolute Gasteiger partial charge is 0.396 e. The molecule has 0 bridgehead atoms. The predicted molar refractivity (Wildman–Crippen MR) is 78.3 cm³/mol. The molecule has 5 nitrogen and oxygen atoms in total. The van der Waals surface area contributed by atoms with Crippen molar-refractivity contribution in [3.8, 4) is 0 Å². The van der Waals surface area contributed by atoms with E-state index in [1.54, 1.807) is 13.0 Å². The molecule has 2 aromatic rings. The molecular formula is C12H11BrFN3O2S. The maximum Gasteiger partial charge on any atom is 0.262 e. The molecule has 0 spiro atoms. The van der Waals surface area contributed by atoms with Gasteiger partial charge in [0.25, 0.3) is 10.0 Å². The molecule has 8 heteroatoms. The lowest BCUT2D eigenvalue weighted by atomic mass is 10.3. The summed E-state index contributed by atoms with van der Waals surface area (Å²) in [5, 5.41) is 0. The second-order valence-corrected chi connectivity index (χ2v) is 6.55. The Morgan fingerprint density at radius 3 is 2.65 bits per heavy atom. The van der Waals surface area contributed by atoms with Gasteiger partial charge in [0.1, 0.15) is 10.4 Å². The predicted octanol–water partition coefficient (Wildman–Crippen LogP) is 2.67. The number of nitrogen functional groups attached to an aromatic ring is 1. The third kappa shape index (κ3) is 3.07. The minimum Gasteiger partial charge on any atom is -0.396 e.